The fourth-order valence-electron chi connectivity index (χ4n) is 1.95. The third-order valence-electron chi connectivity index (χ3n) is 3.48. The predicted molar refractivity (Wildman–Crippen MR) is 80.0 cm³/mol. The van der Waals surface area contributed by atoms with Crippen molar-refractivity contribution in [2.24, 2.45) is 0 Å². The summed E-state index contributed by atoms with van der Waals surface area (Å²) in [6.07, 6.45) is 3.98. The maximum Gasteiger partial charge on any atom is 0.251 e. The van der Waals surface area contributed by atoms with Gasteiger partial charge in [-0.1, -0.05) is 13.8 Å². The van der Waals surface area contributed by atoms with Crippen LogP contribution in [0.2, 0.25) is 0 Å². The Morgan fingerprint density at radius 1 is 1.37 bits per heavy atom. The third-order valence-corrected chi connectivity index (χ3v) is 5.06. The average Bonchev–Trinajstić information content (AvgIpc) is 2.39. The van der Waals surface area contributed by atoms with Gasteiger partial charge in [0, 0.05) is 22.5 Å². The van der Waals surface area contributed by atoms with E-state index in [1.54, 1.807) is 11.8 Å². The second kappa shape index (κ2) is 6.80. The summed E-state index contributed by atoms with van der Waals surface area (Å²) in [5.74, 6) is -0.779. The van der Waals surface area contributed by atoms with Gasteiger partial charge in [-0.2, -0.15) is 11.8 Å². The van der Waals surface area contributed by atoms with Gasteiger partial charge < -0.3 is 11.1 Å². The van der Waals surface area contributed by atoms with Crippen molar-refractivity contribution in [3.8, 4) is 0 Å². The molecule has 0 saturated heterocycles. The molecule has 0 spiro atoms. The number of carbonyl (C=O) groups is 1. The number of nitrogens with two attached hydrogens (primary N) is 1. The highest BCUT2D eigenvalue weighted by Gasteiger charge is 2.25. The highest BCUT2D eigenvalue weighted by Crippen LogP contribution is 2.29. The fraction of sp³-hybridized carbons (Fsp3) is 0.500. The molecular weight excluding hydrogens is 263 g/mol. The Morgan fingerprint density at radius 2 is 2.00 bits per heavy atom. The summed E-state index contributed by atoms with van der Waals surface area (Å²) in [5, 5.41) is 2.87. The van der Waals surface area contributed by atoms with Crippen LogP contribution in [0.15, 0.2) is 18.2 Å². The van der Waals surface area contributed by atoms with Gasteiger partial charge >= 0.3 is 0 Å². The lowest BCUT2D eigenvalue weighted by Crippen LogP contribution is -2.39. The molecule has 3 N–H and O–H groups in total. The molecule has 0 fully saturated rings. The Kier molecular flexibility index (Phi) is 5.66. The standard InChI is InChI=1S/C14H21FN2OS/c1-4-14(5-2,19-3)9-17-13(18)10-6-11(15)8-12(16)7-10/h6-8H,4-5,9,16H2,1-3H3,(H,17,18). The summed E-state index contributed by atoms with van der Waals surface area (Å²) in [6, 6.07) is 3.88. The number of carbonyl (C=O) groups excluding carboxylic acids is 1. The molecule has 1 rings (SSSR count). The van der Waals surface area contributed by atoms with E-state index in [9.17, 15) is 9.18 Å². The molecule has 19 heavy (non-hydrogen) atoms. The van der Waals surface area contributed by atoms with Gasteiger partial charge in [0.15, 0.2) is 0 Å². The van der Waals surface area contributed by atoms with Crippen molar-refractivity contribution in [3.63, 3.8) is 0 Å². The third kappa shape index (κ3) is 4.13. The molecule has 0 saturated carbocycles. The Labute approximate surface area is 118 Å². The predicted octanol–water partition coefficient (Wildman–Crippen LogP) is 3.06. The van der Waals surface area contributed by atoms with E-state index in [1.165, 1.54) is 18.2 Å². The summed E-state index contributed by atoms with van der Waals surface area (Å²) < 4.78 is 13.2. The largest absolute Gasteiger partial charge is 0.399 e. The maximum atomic E-state index is 13.2. The van der Waals surface area contributed by atoms with Gasteiger partial charge in [-0.15, -0.1) is 0 Å². The first kappa shape index (κ1) is 15.8. The Hall–Kier alpha value is -1.23. The van der Waals surface area contributed by atoms with Crippen molar-refractivity contribution in [1.29, 1.82) is 0 Å². The first-order chi connectivity index (χ1) is 8.96. The lowest BCUT2D eigenvalue weighted by molar-refractivity contribution is 0.0948. The molecule has 1 amide bonds. The number of thioether (sulfide) groups is 1. The van der Waals surface area contributed by atoms with Crippen molar-refractivity contribution in [3.05, 3.63) is 29.6 Å². The SMILES string of the molecule is CCC(CC)(CNC(=O)c1cc(N)cc(F)c1)SC. The van der Waals surface area contributed by atoms with E-state index < -0.39 is 5.82 Å². The average molecular weight is 284 g/mol. The number of benzene rings is 1. The zero-order chi connectivity index (χ0) is 14.5. The van der Waals surface area contributed by atoms with Crippen molar-refractivity contribution in [2.75, 3.05) is 18.5 Å². The summed E-state index contributed by atoms with van der Waals surface area (Å²) in [4.78, 5) is 12.0. The molecule has 0 heterocycles. The van der Waals surface area contributed by atoms with Crippen LogP contribution >= 0.6 is 11.8 Å². The fourth-order valence-corrected chi connectivity index (χ4v) is 2.74. The number of anilines is 1. The van der Waals surface area contributed by atoms with Gasteiger partial charge in [0.05, 0.1) is 0 Å². The van der Waals surface area contributed by atoms with Crippen LogP contribution in [0, 0.1) is 5.82 Å². The smallest absolute Gasteiger partial charge is 0.251 e. The molecule has 1 aromatic rings. The van der Waals surface area contributed by atoms with Crippen molar-refractivity contribution < 1.29 is 9.18 Å². The molecule has 0 aromatic heterocycles. The van der Waals surface area contributed by atoms with Crippen LogP contribution in [0.4, 0.5) is 10.1 Å². The lowest BCUT2D eigenvalue weighted by atomic mass is 10.0. The Morgan fingerprint density at radius 3 is 2.47 bits per heavy atom. The molecule has 1 aromatic carbocycles. The molecular formula is C14H21FN2OS. The number of rotatable bonds is 6. The number of halogens is 1. The minimum atomic E-state index is -0.493. The molecule has 0 aliphatic heterocycles. The van der Waals surface area contributed by atoms with Gasteiger partial charge in [-0.05, 0) is 37.3 Å². The molecule has 3 nitrogen and oxygen atoms in total. The number of nitrogen functional groups attached to an aromatic ring is 1. The quantitative estimate of drug-likeness (QED) is 0.789. The zero-order valence-electron chi connectivity index (χ0n) is 11.6. The molecule has 0 bridgehead atoms. The van der Waals surface area contributed by atoms with Gasteiger partial charge in [0.2, 0.25) is 0 Å². The topological polar surface area (TPSA) is 55.1 Å². The van der Waals surface area contributed by atoms with Crippen LogP contribution < -0.4 is 11.1 Å². The Bertz CT molecular complexity index is 419. The highest BCUT2D eigenvalue weighted by molar-refractivity contribution is 8.00. The minimum absolute atomic E-state index is 0.0362. The monoisotopic (exact) mass is 284 g/mol. The van der Waals surface area contributed by atoms with Crippen molar-refractivity contribution in [1.82, 2.24) is 5.32 Å². The van der Waals surface area contributed by atoms with E-state index in [0.717, 1.165) is 12.8 Å². The molecule has 5 heteroatoms. The van der Waals surface area contributed by atoms with Gasteiger partial charge in [-0.25, -0.2) is 4.39 Å². The first-order valence-electron chi connectivity index (χ1n) is 6.35. The minimum Gasteiger partial charge on any atom is -0.399 e. The molecule has 0 unspecified atom stereocenters. The van der Waals surface area contributed by atoms with Crippen LogP contribution in [-0.2, 0) is 0 Å². The molecule has 0 aliphatic rings. The van der Waals surface area contributed by atoms with Gasteiger partial charge in [0.1, 0.15) is 5.82 Å². The van der Waals surface area contributed by atoms with Crippen LogP contribution in [0.3, 0.4) is 0 Å². The number of amides is 1. The second-order valence-corrected chi connectivity index (χ2v) is 5.82. The molecule has 0 aliphatic carbocycles. The van der Waals surface area contributed by atoms with Crippen LogP contribution in [0.1, 0.15) is 37.0 Å². The zero-order valence-corrected chi connectivity index (χ0v) is 12.4. The lowest BCUT2D eigenvalue weighted by Gasteiger charge is -2.29. The summed E-state index contributed by atoms with van der Waals surface area (Å²) >= 11 is 1.75. The van der Waals surface area contributed by atoms with E-state index in [-0.39, 0.29) is 21.9 Å². The number of nitrogens with one attached hydrogen (secondary N) is 1. The first-order valence-corrected chi connectivity index (χ1v) is 7.58. The molecule has 0 radical (unpaired) electrons. The van der Waals surface area contributed by atoms with E-state index >= 15 is 0 Å². The van der Waals surface area contributed by atoms with Gasteiger partial charge in [0.25, 0.3) is 5.91 Å². The van der Waals surface area contributed by atoms with Crippen molar-refractivity contribution >= 4 is 23.4 Å². The second-order valence-electron chi connectivity index (χ2n) is 4.55. The number of hydrogen-bond acceptors (Lipinski definition) is 3. The molecule has 106 valence electrons. The van der Waals surface area contributed by atoms with E-state index in [1.807, 2.05) is 6.26 Å². The maximum absolute atomic E-state index is 13.2. The number of hydrogen-bond donors (Lipinski definition) is 2. The normalized spacial score (nSPS) is 11.4. The van der Waals surface area contributed by atoms with E-state index in [4.69, 9.17) is 5.73 Å². The highest BCUT2D eigenvalue weighted by atomic mass is 32.2. The summed E-state index contributed by atoms with van der Waals surface area (Å²) in [7, 11) is 0. The van der Waals surface area contributed by atoms with Gasteiger partial charge in [-0.3, -0.25) is 4.79 Å². The van der Waals surface area contributed by atoms with Crippen molar-refractivity contribution in [2.45, 2.75) is 31.4 Å². The molecule has 0 atom stereocenters. The summed E-state index contributed by atoms with van der Waals surface area (Å²) in [6.45, 7) is 4.77. The van der Waals surface area contributed by atoms with E-state index in [2.05, 4.69) is 19.2 Å². The van der Waals surface area contributed by atoms with Crippen LogP contribution in [0.5, 0.6) is 0 Å². The summed E-state index contributed by atoms with van der Waals surface area (Å²) in [5.41, 5.74) is 6.05. The van der Waals surface area contributed by atoms with E-state index in [0.29, 0.717) is 6.54 Å². The van der Waals surface area contributed by atoms with Crippen LogP contribution in [0.25, 0.3) is 0 Å². The van der Waals surface area contributed by atoms with Crippen LogP contribution in [-0.4, -0.2) is 23.5 Å². The Balaban J connectivity index is 2.74.